The van der Waals surface area contributed by atoms with Gasteiger partial charge in [-0.3, -0.25) is 14.7 Å². The first kappa shape index (κ1) is 14.7. The molecule has 1 aliphatic rings. The Morgan fingerprint density at radius 1 is 1.05 bits per heavy atom. The van der Waals surface area contributed by atoms with E-state index in [9.17, 15) is 4.79 Å². The average molecular weight is 295 g/mol. The first-order chi connectivity index (χ1) is 10.7. The van der Waals surface area contributed by atoms with Gasteiger partial charge in [-0.05, 0) is 30.2 Å². The minimum absolute atomic E-state index is 0.109. The van der Waals surface area contributed by atoms with Crippen molar-refractivity contribution in [1.82, 2.24) is 14.8 Å². The molecule has 0 atom stereocenters. The highest BCUT2D eigenvalue weighted by Gasteiger charge is 2.22. The summed E-state index contributed by atoms with van der Waals surface area (Å²) < 4.78 is 0. The molecule has 4 heteroatoms. The zero-order valence-electron chi connectivity index (χ0n) is 12.9. The number of carbonyl (C=O) groups excluding carboxylic acids is 1. The maximum Gasteiger partial charge on any atom is 0.254 e. The van der Waals surface area contributed by atoms with Crippen molar-refractivity contribution in [2.75, 3.05) is 26.2 Å². The molecule has 1 amide bonds. The molecule has 0 spiro atoms. The Labute approximate surface area is 131 Å². The molecule has 2 aromatic rings. The molecule has 0 unspecified atom stereocenters. The Hall–Kier alpha value is -2.20. The minimum atomic E-state index is 0.109. The van der Waals surface area contributed by atoms with E-state index >= 15 is 0 Å². The molecule has 0 saturated carbocycles. The van der Waals surface area contributed by atoms with Gasteiger partial charge in [0.15, 0.2) is 0 Å². The normalized spacial score (nSPS) is 15.8. The molecule has 22 heavy (non-hydrogen) atoms. The van der Waals surface area contributed by atoms with Crippen molar-refractivity contribution >= 4 is 5.91 Å². The zero-order valence-corrected chi connectivity index (χ0v) is 12.9. The molecule has 0 radical (unpaired) electrons. The molecule has 1 fully saturated rings. The molecular formula is C18H21N3O. The van der Waals surface area contributed by atoms with E-state index in [1.54, 1.807) is 24.5 Å². The van der Waals surface area contributed by atoms with E-state index in [4.69, 9.17) is 0 Å². The maximum atomic E-state index is 12.4. The molecule has 1 aliphatic heterocycles. The van der Waals surface area contributed by atoms with E-state index < -0.39 is 0 Å². The summed E-state index contributed by atoms with van der Waals surface area (Å²) in [6.07, 6.45) is 3.34. The first-order valence-electron chi connectivity index (χ1n) is 7.70. The molecule has 0 aliphatic carbocycles. The van der Waals surface area contributed by atoms with Gasteiger partial charge in [0.1, 0.15) is 0 Å². The highest BCUT2D eigenvalue weighted by molar-refractivity contribution is 5.94. The van der Waals surface area contributed by atoms with Gasteiger partial charge in [0.25, 0.3) is 5.91 Å². The SMILES string of the molecule is Cc1ccccc1CN1CCN(C(=O)c2ccncc2)CC1. The van der Waals surface area contributed by atoms with Crippen molar-refractivity contribution < 1.29 is 4.79 Å². The third kappa shape index (κ3) is 3.34. The van der Waals surface area contributed by atoms with Gasteiger partial charge in [-0.2, -0.15) is 0 Å². The molecule has 1 saturated heterocycles. The number of pyridine rings is 1. The Kier molecular flexibility index (Phi) is 4.49. The second kappa shape index (κ2) is 6.71. The van der Waals surface area contributed by atoms with Crippen LogP contribution >= 0.6 is 0 Å². The Bertz CT molecular complexity index is 634. The Balaban J connectivity index is 1.57. The minimum Gasteiger partial charge on any atom is -0.336 e. The quantitative estimate of drug-likeness (QED) is 0.872. The number of nitrogens with zero attached hydrogens (tertiary/aromatic N) is 3. The molecule has 0 N–H and O–H groups in total. The number of carbonyl (C=O) groups is 1. The van der Waals surface area contributed by atoms with Gasteiger partial charge in [0.05, 0.1) is 0 Å². The lowest BCUT2D eigenvalue weighted by Crippen LogP contribution is -2.48. The summed E-state index contributed by atoms with van der Waals surface area (Å²) >= 11 is 0. The van der Waals surface area contributed by atoms with Crippen LogP contribution in [-0.2, 0) is 6.54 Å². The average Bonchev–Trinajstić information content (AvgIpc) is 2.58. The number of rotatable bonds is 3. The van der Waals surface area contributed by atoms with Crippen LogP contribution in [-0.4, -0.2) is 46.9 Å². The number of amides is 1. The second-order valence-corrected chi connectivity index (χ2v) is 5.73. The van der Waals surface area contributed by atoms with Crippen molar-refractivity contribution in [2.45, 2.75) is 13.5 Å². The summed E-state index contributed by atoms with van der Waals surface area (Å²) in [5, 5.41) is 0. The largest absolute Gasteiger partial charge is 0.336 e. The molecule has 1 aromatic heterocycles. The van der Waals surface area contributed by atoms with Crippen LogP contribution in [0.4, 0.5) is 0 Å². The number of hydrogen-bond donors (Lipinski definition) is 0. The van der Waals surface area contributed by atoms with E-state index in [-0.39, 0.29) is 5.91 Å². The summed E-state index contributed by atoms with van der Waals surface area (Å²) in [6, 6.07) is 12.1. The van der Waals surface area contributed by atoms with E-state index in [0.717, 1.165) is 38.3 Å². The highest BCUT2D eigenvalue weighted by Crippen LogP contribution is 2.13. The van der Waals surface area contributed by atoms with Crippen LogP contribution in [0, 0.1) is 6.92 Å². The Morgan fingerprint density at radius 3 is 2.41 bits per heavy atom. The zero-order chi connectivity index (χ0) is 15.4. The van der Waals surface area contributed by atoms with Crippen LogP contribution < -0.4 is 0 Å². The van der Waals surface area contributed by atoms with Gasteiger partial charge < -0.3 is 4.90 Å². The number of piperazine rings is 1. The number of aryl methyl sites for hydroxylation is 1. The number of aromatic nitrogens is 1. The van der Waals surface area contributed by atoms with Crippen LogP contribution in [0.1, 0.15) is 21.5 Å². The monoisotopic (exact) mass is 295 g/mol. The molecule has 114 valence electrons. The van der Waals surface area contributed by atoms with Gasteiger partial charge in [0, 0.05) is 50.7 Å². The summed E-state index contributed by atoms with van der Waals surface area (Å²) in [5.74, 6) is 0.109. The van der Waals surface area contributed by atoms with Crippen molar-refractivity contribution in [3.05, 3.63) is 65.5 Å². The molecule has 1 aromatic carbocycles. The first-order valence-corrected chi connectivity index (χ1v) is 7.70. The standard InChI is InChI=1S/C18H21N3O/c1-15-4-2-3-5-17(15)14-20-10-12-21(13-11-20)18(22)16-6-8-19-9-7-16/h2-9H,10-14H2,1H3. The fourth-order valence-electron chi connectivity index (χ4n) is 2.81. The summed E-state index contributed by atoms with van der Waals surface area (Å²) in [5.41, 5.74) is 3.43. The molecule has 4 nitrogen and oxygen atoms in total. The second-order valence-electron chi connectivity index (χ2n) is 5.73. The van der Waals surface area contributed by atoms with Gasteiger partial charge >= 0.3 is 0 Å². The van der Waals surface area contributed by atoms with Crippen LogP contribution in [0.25, 0.3) is 0 Å². The van der Waals surface area contributed by atoms with Crippen molar-refractivity contribution in [1.29, 1.82) is 0 Å². The number of benzene rings is 1. The van der Waals surface area contributed by atoms with Crippen LogP contribution in [0.3, 0.4) is 0 Å². The van der Waals surface area contributed by atoms with Gasteiger partial charge in [-0.25, -0.2) is 0 Å². The fraction of sp³-hybridized carbons (Fsp3) is 0.333. The molecule has 2 heterocycles. The lowest BCUT2D eigenvalue weighted by atomic mass is 10.1. The lowest BCUT2D eigenvalue weighted by molar-refractivity contribution is 0.0628. The fourth-order valence-corrected chi connectivity index (χ4v) is 2.81. The smallest absolute Gasteiger partial charge is 0.254 e. The van der Waals surface area contributed by atoms with Gasteiger partial charge in [0.2, 0.25) is 0 Å². The molecular weight excluding hydrogens is 274 g/mol. The van der Waals surface area contributed by atoms with Gasteiger partial charge in [-0.15, -0.1) is 0 Å². The predicted octanol–water partition coefficient (Wildman–Crippen LogP) is 2.35. The highest BCUT2D eigenvalue weighted by atomic mass is 16.2. The van der Waals surface area contributed by atoms with E-state index in [1.165, 1.54) is 11.1 Å². The van der Waals surface area contributed by atoms with Crippen LogP contribution in [0.2, 0.25) is 0 Å². The number of hydrogen-bond acceptors (Lipinski definition) is 3. The van der Waals surface area contributed by atoms with Crippen molar-refractivity contribution in [2.24, 2.45) is 0 Å². The third-order valence-electron chi connectivity index (χ3n) is 4.24. The van der Waals surface area contributed by atoms with E-state index in [1.807, 2.05) is 4.90 Å². The van der Waals surface area contributed by atoms with E-state index in [0.29, 0.717) is 0 Å². The summed E-state index contributed by atoms with van der Waals surface area (Å²) in [4.78, 5) is 20.7. The van der Waals surface area contributed by atoms with E-state index in [2.05, 4.69) is 41.1 Å². The molecule has 3 rings (SSSR count). The lowest BCUT2D eigenvalue weighted by Gasteiger charge is -2.35. The van der Waals surface area contributed by atoms with Crippen LogP contribution in [0.15, 0.2) is 48.8 Å². The predicted molar refractivity (Wildman–Crippen MR) is 86.6 cm³/mol. The summed E-state index contributed by atoms with van der Waals surface area (Å²) in [7, 11) is 0. The topological polar surface area (TPSA) is 36.4 Å². The maximum absolute atomic E-state index is 12.4. The Morgan fingerprint density at radius 2 is 1.73 bits per heavy atom. The van der Waals surface area contributed by atoms with Gasteiger partial charge in [-0.1, -0.05) is 24.3 Å². The van der Waals surface area contributed by atoms with Crippen molar-refractivity contribution in [3.8, 4) is 0 Å². The van der Waals surface area contributed by atoms with Crippen LogP contribution in [0.5, 0.6) is 0 Å². The third-order valence-corrected chi connectivity index (χ3v) is 4.24. The molecule has 0 bridgehead atoms. The summed E-state index contributed by atoms with van der Waals surface area (Å²) in [6.45, 7) is 6.53. The van der Waals surface area contributed by atoms with Crippen molar-refractivity contribution in [3.63, 3.8) is 0 Å².